The Balaban J connectivity index is 3.36. The van der Waals surface area contributed by atoms with Gasteiger partial charge in [-0.2, -0.15) is 0 Å². The third kappa shape index (κ3) is 16.6. The minimum atomic E-state index is -0.727. The number of carbonyl (C=O) groups is 2. The van der Waals surface area contributed by atoms with Crippen molar-refractivity contribution in [1.29, 1.82) is 0 Å². The van der Waals surface area contributed by atoms with Crippen LogP contribution in [-0.4, -0.2) is 16.9 Å². The third-order valence-corrected chi connectivity index (χ3v) is 3.43. The van der Waals surface area contributed by atoms with Crippen LogP contribution < -0.4 is 0 Å². The van der Waals surface area contributed by atoms with E-state index in [-0.39, 0.29) is 12.2 Å². The molecule has 0 saturated heterocycles. The van der Waals surface area contributed by atoms with E-state index in [1.807, 2.05) is 0 Å². The van der Waals surface area contributed by atoms with Crippen LogP contribution in [0.2, 0.25) is 0 Å². The van der Waals surface area contributed by atoms with Crippen molar-refractivity contribution in [3.8, 4) is 11.8 Å². The summed E-state index contributed by atoms with van der Waals surface area (Å²) in [5, 5.41) is 8.49. The highest BCUT2D eigenvalue weighted by molar-refractivity contribution is 5.95. The fourth-order valence-corrected chi connectivity index (χ4v) is 2.13. The van der Waals surface area contributed by atoms with Gasteiger partial charge in [0.15, 0.2) is 0 Å². The van der Waals surface area contributed by atoms with Gasteiger partial charge in [-0.3, -0.25) is 9.59 Å². The van der Waals surface area contributed by atoms with Crippen molar-refractivity contribution in [3.63, 3.8) is 0 Å². The van der Waals surface area contributed by atoms with Gasteiger partial charge in [0, 0.05) is 19.3 Å². The highest BCUT2D eigenvalue weighted by atomic mass is 16.4. The molecular formula is C18H30O3. The lowest BCUT2D eigenvalue weighted by atomic mass is 10.1. The van der Waals surface area contributed by atoms with Crippen LogP contribution in [0.1, 0.15) is 90.4 Å². The number of hydrogen-bond acceptors (Lipinski definition) is 2. The number of ketones is 1. The number of rotatable bonds is 13. The molecule has 0 fully saturated rings. The molecule has 0 atom stereocenters. The van der Waals surface area contributed by atoms with E-state index in [2.05, 4.69) is 18.8 Å². The zero-order valence-electron chi connectivity index (χ0n) is 13.5. The highest BCUT2D eigenvalue weighted by Crippen LogP contribution is 2.07. The van der Waals surface area contributed by atoms with Crippen LogP contribution in [-0.2, 0) is 9.59 Å². The summed E-state index contributed by atoms with van der Waals surface area (Å²) in [6.45, 7) is 2.20. The van der Waals surface area contributed by atoms with Gasteiger partial charge in [0.05, 0.1) is 0 Å². The summed E-state index contributed by atoms with van der Waals surface area (Å²) in [5.74, 6) is 5.02. The number of aliphatic carboxylic acids is 1. The van der Waals surface area contributed by atoms with Gasteiger partial charge >= 0.3 is 5.97 Å². The number of carboxylic acid groups (broad SMARTS) is 1. The molecule has 0 aromatic heterocycles. The monoisotopic (exact) mass is 294 g/mol. The molecule has 1 N–H and O–H groups in total. The molecule has 21 heavy (non-hydrogen) atoms. The zero-order valence-corrected chi connectivity index (χ0v) is 13.5. The summed E-state index contributed by atoms with van der Waals surface area (Å²) < 4.78 is 0. The molecule has 0 aromatic carbocycles. The Morgan fingerprint density at radius 1 is 0.810 bits per heavy atom. The summed E-state index contributed by atoms with van der Waals surface area (Å²) >= 11 is 0. The van der Waals surface area contributed by atoms with E-state index in [4.69, 9.17) is 5.11 Å². The van der Waals surface area contributed by atoms with E-state index in [9.17, 15) is 9.59 Å². The van der Waals surface area contributed by atoms with Crippen molar-refractivity contribution in [3.05, 3.63) is 0 Å². The maximum absolute atomic E-state index is 11.5. The van der Waals surface area contributed by atoms with Crippen LogP contribution in [0, 0.1) is 11.8 Å². The Labute approximate surface area is 129 Å². The van der Waals surface area contributed by atoms with E-state index in [1.54, 1.807) is 0 Å². The lowest BCUT2D eigenvalue weighted by Crippen LogP contribution is -1.95. The second kappa shape index (κ2) is 15.1. The van der Waals surface area contributed by atoms with Crippen LogP contribution in [0.25, 0.3) is 0 Å². The second-order valence-corrected chi connectivity index (χ2v) is 5.55. The summed E-state index contributed by atoms with van der Waals surface area (Å²) in [6, 6.07) is 0. The molecule has 0 radical (unpaired) electrons. The first-order chi connectivity index (χ1) is 10.2. The topological polar surface area (TPSA) is 54.4 Å². The highest BCUT2D eigenvalue weighted by Gasteiger charge is 1.99. The minimum Gasteiger partial charge on any atom is -0.481 e. The molecule has 0 aliphatic heterocycles. The number of Topliss-reactive ketones (excluding diaryl/α,β-unsaturated/α-hetero) is 1. The molecule has 0 unspecified atom stereocenters. The van der Waals surface area contributed by atoms with Gasteiger partial charge in [0.2, 0.25) is 5.78 Å². The van der Waals surface area contributed by atoms with Crippen molar-refractivity contribution >= 4 is 11.8 Å². The Kier molecular flexibility index (Phi) is 14.2. The Morgan fingerprint density at radius 3 is 2.05 bits per heavy atom. The number of carbonyl (C=O) groups excluding carboxylic acids is 1. The molecule has 0 saturated carbocycles. The maximum Gasteiger partial charge on any atom is 0.303 e. The predicted molar refractivity (Wildman–Crippen MR) is 86.1 cm³/mol. The molecule has 0 aliphatic rings. The average Bonchev–Trinajstić information content (AvgIpc) is 2.45. The lowest BCUT2D eigenvalue weighted by Gasteiger charge is -1.98. The van der Waals surface area contributed by atoms with Crippen LogP contribution in [0.5, 0.6) is 0 Å². The van der Waals surface area contributed by atoms with E-state index in [0.717, 1.165) is 44.9 Å². The van der Waals surface area contributed by atoms with Gasteiger partial charge in [-0.05, 0) is 25.2 Å². The Bertz CT molecular complexity index is 336. The number of hydrogen-bond donors (Lipinski definition) is 1. The fraction of sp³-hybridized carbons (Fsp3) is 0.778. The molecule has 0 amide bonds. The standard InChI is InChI=1S/C18H30O3/c1-2-3-4-5-6-8-11-14-17(19)15-12-9-7-10-13-16-18(20)21/h2-10,12-13,15-16H2,1H3,(H,20,21). The van der Waals surface area contributed by atoms with Crippen LogP contribution >= 0.6 is 0 Å². The van der Waals surface area contributed by atoms with Gasteiger partial charge in [-0.25, -0.2) is 0 Å². The van der Waals surface area contributed by atoms with Crippen molar-refractivity contribution in [1.82, 2.24) is 0 Å². The molecule has 0 rings (SSSR count). The molecule has 0 aliphatic carbocycles. The molecule has 0 spiro atoms. The first-order valence-corrected chi connectivity index (χ1v) is 8.40. The molecule has 3 heteroatoms. The largest absolute Gasteiger partial charge is 0.481 e. The van der Waals surface area contributed by atoms with E-state index in [0.29, 0.717) is 6.42 Å². The number of carboxylic acids is 1. The molecule has 120 valence electrons. The first kappa shape index (κ1) is 19.7. The second-order valence-electron chi connectivity index (χ2n) is 5.55. The van der Waals surface area contributed by atoms with Gasteiger partial charge in [-0.15, -0.1) is 0 Å². The lowest BCUT2D eigenvalue weighted by molar-refractivity contribution is -0.137. The molecular weight excluding hydrogens is 264 g/mol. The Hall–Kier alpha value is -1.30. The smallest absolute Gasteiger partial charge is 0.303 e. The SMILES string of the molecule is CCCCCCCC#CC(=O)CCCCCCCC(=O)O. The third-order valence-electron chi connectivity index (χ3n) is 3.43. The van der Waals surface area contributed by atoms with Crippen molar-refractivity contribution in [2.75, 3.05) is 0 Å². The molecule has 3 nitrogen and oxygen atoms in total. The van der Waals surface area contributed by atoms with Crippen LogP contribution in [0.15, 0.2) is 0 Å². The van der Waals surface area contributed by atoms with Gasteiger partial charge in [-0.1, -0.05) is 57.8 Å². The Morgan fingerprint density at radius 2 is 1.38 bits per heavy atom. The number of unbranched alkanes of at least 4 members (excludes halogenated alkanes) is 9. The summed E-state index contributed by atoms with van der Waals surface area (Å²) in [6.07, 6.45) is 12.3. The first-order valence-electron chi connectivity index (χ1n) is 8.40. The predicted octanol–water partition coefficient (Wildman–Crippen LogP) is 4.73. The van der Waals surface area contributed by atoms with Crippen molar-refractivity contribution in [2.45, 2.75) is 90.4 Å². The van der Waals surface area contributed by atoms with E-state index in [1.165, 1.54) is 25.7 Å². The van der Waals surface area contributed by atoms with E-state index >= 15 is 0 Å². The molecule has 0 bridgehead atoms. The molecule has 0 aromatic rings. The van der Waals surface area contributed by atoms with Crippen molar-refractivity contribution in [2.24, 2.45) is 0 Å². The van der Waals surface area contributed by atoms with Gasteiger partial charge in [0.25, 0.3) is 0 Å². The minimum absolute atomic E-state index is 0.0501. The quantitative estimate of drug-likeness (QED) is 0.303. The van der Waals surface area contributed by atoms with Gasteiger partial charge < -0.3 is 5.11 Å². The van der Waals surface area contributed by atoms with Crippen LogP contribution in [0.4, 0.5) is 0 Å². The van der Waals surface area contributed by atoms with Gasteiger partial charge in [0.1, 0.15) is 0 Å². The van der Waals surface area contributed by atoms with E-state index < -0.39 is 5.97 Å². The normalized spacial score (nSPS) is 9.95. The zero-order chi connectivity index (χ0) is 15.8. The summed E-state index contributed by atoms with van der Waals surface area (Å²) in [7, 11) is 0. The molecule has 0 heterocycles. The average molecular weight is 294 g/mol. The summed E-state index contributed by atoms with van der Waals surface area (Å²) in [4.78, 5) is 21.8. The fourth-order valence-electron chi connectivity index (χ4n) is 2.13. The summed E-state index contributed by atoms with van der Waals surface area (Å²) in [5.41, 5.74) is 0. The van der Waals surface area contributed by atoms with Crippen molar-refractivity contribution < 1.29 is 14.7 Å². The maximum atomic E-state index is 11.5. The van der Waals surface area contributed by atoms with Crippen LogP contribution in [0.3, 0.4) is 0 Å².